The number of carbonyl (C=O) groups is 2. The van der Waals surface area contributed by atoms with E-state index in [1.807, 2.05) is 19.1 Å². The molecule has 0 aromatic heterocycles. The molecule has 0 bridgehead atoms. The predicted octanol–water partition coefficient (Wildman–Crippen LogP) is 5.10. The fraction of sp³-hybridized carbons (Fsp3) is 0.348. The number of benzene rings is 2. The number of amides is 2. The van der Waals surface area contributed by atoms with E-state index < -0.39 is 12.1 Å². The zero-order chi connectivity index (χ0) is 24.9. The van der Waals surface area contributed by atoms with Crippen LogP contribution in [0.2, 0.25) is 0 Å². The van der Waals surface area contributed by atoms with Crippen molar-refractivity contribution in [3.8, 4) is 11.5 Å². The standard InChI is InChI=1S/C23H24F3N3O4S/c1-4-19-20(15-7-10-17(32-2)18(13-15)33-3)28-29(22(31)34-19)12-11-14-5-8-16(9-6-14)27-21(30)23(24,25)26/h5-10,13,19H,4,11-12H2,1-3H3,(H,27,30). The van der Waals surface area contributed by atoms with Gasteiger partial charge in [0.1, 0.15) is 0 Å². The highest BCUT2D eigenvalue weighted by Crippen LogP contribution is 2.33. The second kappa shape index (κ2) is 10.8. The highest BCUT2D eigenvalue weighted by atomic mass is 32.2. The van der Waals surface area contributed by atoms with Crippen molar-refractivity contribution in [1.29, 1.82) is 0 Å². The number of alkyl halides is 3. The van der Waals surface area contributed by atoms with Gasteiger partial charge >= 0.3 is 17.3 Å². The molecule has 34 heavy (non-hydrogen) atoms. The van der Waals surface area contributed by atoms with Crippen molar-refractivity contribution in [1.82, 2.24) is 5.01 Å². The lowest BCUT2D eigenvalue weighted by atomic mass is 10.0. The quantitative estimate of drug-likeness (QED) is 0.551. The van der Waals surface area contributed by atoms with Gasteiger partial charge in [-0.3, -0.25) is 9.59 Å². The number of ether oxygens (including phenoxy) is 2. The Morgan fingerprint density at radius 3 is 2.38 bits per heavy atom. The van der Waals surface area contributed by atoms with Gasteiger partial charge in [-0.2, -0.15) is 18.3 Å². The third-order valence-electron chi connectivity index (χ3n) is 5.12. The number of thioether (sulfide) groups is 1. The van der Waals surface area contributed by atoms with Crippen LogP contribution in [-0.4, -0.2) is 54.1 Å². The molecule has 1 N–H and O–H groups in total. The van der Waals surface area contributed by atoms with Crippen molar-refractivity contribution in [3.05, 3.63) is 53.6 Å². The van der Waals surface area contributed by atoms with E-state index in [9.17, 15) is 22.8 Å². The number of hydrogen-bond acceptors (Lipinski definition) is 6. The van der Waals surface area contributed by atoms with Crippen molar-refractivity contribution in [2.45, 2.75) is 31.2 Å². The minimum atomic E-state index is -4.95. The predicted molar refractivity (Wildman–Crippen MR) is 125 cm³/mol. The summed E-state index contributed by atoms with van der Waals surface area (Å²) < 4.78 is 47.8. The lowest BCUT2D eigenvalue weighted by molar-refractivity contribution is -0.167. The maximum atomic E-state index is 12.6. The molecule has 1 aliphatic heterocycles. The summed E-state index contributed by atoms with van der Waals surface area (Å²) in [6.45, 7) is 2.27. The van der Waals surface area contributed by atoms with Gasteiger partial charge in [0.25, 0.3) is 0 Å². The Kier molecular flexibility index (Phi) is 8.08. The monoisotopic (exact) mass is 495 g/mol. The molecule has 2 aromatic carbocycles. The molecule has 1 heterocycles. The number of hydrazone groups is 1. The zero-order valence-electron chi connectivity index (χ0n) is 18.8. The fourth-order valence-electron chi connectivity index (χ4n) is 3.32. The van der Waals surface area contributed by atoms with Crippen molar-refractivity contribution < 1.29 is 32.2 Å². The maximum absolute atomic E-state index is 12.6. The van der Waals surface area contributed by atoms with Gasteiger partial charge in [-0.1, -0.05) is 30.8 Å². The second-order valence-corrected chi connectivity index (χ2v) is 8.51. The first-order chi connectivity index (χ1) is 16.2. The van der Waals surface area contributed by atoms with Crippen molar-refractivity contribution >= 4 is 34.3 Å². The van der Waals surface area contributed by atoms with Gasteiger partial charge in [0.15, 0.2) is 11.5 Å². The van der Waals surface area contributed by atoms with E-state index in [-0.39, 0.29) is 22.7 Å². The van der Waals surface area contributed by atoms with Crippen LogP contribution < -0.4 is 14.8 Å². The molecule has 0 fully saturated rings. The summed E-state index contributed by atoms with van der Waals surface area (Å²) in [5, 5.41) is 7.52. The summed E-state index contributed by atoms with van der Waals surface area (Å²) in [7, 11) is 3.10. The molecule has 0 saturated heterocycles. The van der Waals surface area contributed by atoms with Crippen LogP contribution in [-0.2, 0) is 11.2 Å². The zero-order valence-corrected chi connectivity index (χ0v) is 19.6. The van der Waals surface area contributed by atoms with Gasteiger partial charge < -0.3 is 14.8 Å². The molecule has 0 saturated carbocycles. The van der Waals surface area contributed by atoms with Gasteiger partial charge in [-0.25, -0.2) is 5.01 Å². The molecule has 182 valence electrons. The molecular weight excluding hydrogens is 471 g/mol. The van der Waals surface area contributed by atoms with Gasteiger partial charge in [-0.15, -0.1) is 0 Å². The third-order valence-corrected chi connectivity index (χ3v) is 6.37. The molecule has 0 radical (unpaired) electrons. The Hall–Kier alpha value is -3.21. The average molecular weight is 496 g/mol. The number of methoxy groups -OCH3 is 2. The number of carbonyl (C=O) groups excluding carboxylic acids is 2. The van der Waals surface area contributed by atoms with E-state index in [0.29, 0.717) is 24.3 Å². The Morgan fingerprint density at radius 1 is 1.12 bits per heavy atom. The number of anilines is 1. The van der Waals surface area contributed by atoms with Crippen molar-refractivity contribution in [3.63, 3.8) is 0 Å². The normalized spacial score (nSPS) is 16.2. The topological polar surface area (TPSA) is 80.2 Å². The van der Waals surface area contributed by atoms with E-state index >= 15 is 0 Å². The minimum Gasteiger partial charge on any atom is -0.493 e. The van der Waals surface area contributed by atoms with Crippen molar-refractivity contribution in [2.24, 2.45) is 5.10 Å². The molecule has 3 rings (SSSR count). The third kappa shape index (κ3) is 6.02. The Balaban J connectivity index is 1.74. The van der Waals surface area contributed by atoms with Crippen LogP contribution in [0.1, 0.15) is 24.5 Å². The van der Waals surface area contributed by atoms with Crippen molar-refractivity contribution in [2.75, 3.05) is 26.1 Å². The molecule has 2 amide bonds. The van der Waals surface area contributed by atoms with Crippen LogP contribution in [0.15, 0.2) is 47.6 Å². The minimum absolute atomic E-state index is 0.0372. The first-order valence-corrected chi connectivity index (χ1v) is 11.3. The van der Waals surface area contributed by atoms with Crippen LogP contribution in [0.5, 0.6) is 11.5 Å². The van der Waals surface area contributed by atoms with Gasteiger partial charge in [0.2, 0.25) is 0 Å². The molecule has 0 spiro atoms. The van der Waals surface area contributed by atoms with E-state index in [2.05, 4.69) is 5.10 Å². The summed E-state index contributed by atoms with van der Waals surface area (Å²) in [5.74, 6) is -0.881. The number of nitrogens with zero attached hydrogens (tertiary/aromatic N) is 2. The van der Waals surface area contributed by atoms with Crippen LogP contribution >= 0.6 is 11.8 Å². The molecule has 1 unspecified atom stereocenters. The fourth-order valence-corrected chi connectivity index (χ4v) is 4.28. The molecule has 2 aromatic rings. The smallest absolute Gasteiger partial charge is 0.471 e. The lowest BCUT2D eigenvalue weighted by Crippen LogP contribution is -2.36. The Labute approximate surface area is 199 Å². The van der Waals surface area contributed by atoms with Crippen LogP contribution in [0.25, 0.3) is 0 Å². The Bertz CT molecular complexity index is 1070. The maximum Gasteiger partial charge on any atom is 0.471 e. The van der Waals surface area contributed by atoms with Crippen LogP contribution in [0.3, 0.4) is 0 Å². The lowest BCUT2D eigenvalue weighted by Gasteiger charge is -2.28. The molecule has 7 nitrogen and oxygen atoms in total. The van der Waals surface area contributed by atoms with Gasteiger partial charge in [0.05, 0.1) is 25.2 Å². The molecule has 1 aliphatic rings. The number of rotatable bonds is 8. The van der Waals surface area contributed by atoms with Gasteiger partial charge in [0, 0.05) is 17.8 Å². The SMILES string of the molecule is CCC1SC(=O)N(CCc2ccc(NC(=O)C(F)(F)F)cc2)N=C1c1ccc(OC)c(OC)c1. The van der Waals surface area contributed by atoms with E-state index in [0.717, 1.165) is 16.8 Å². The molecule has 11 heteroatoms. The highest BCUT2D eigenvalue weighted by molar-refractivity contribution is 8.14. The van der Waals surface area contributed by atoms with E-state index in [1.54, 1.807) is 37.7 Å². The summed E-state index contributed by atoms with van der Waals surface area (Å²) in [6.07, 6.45) is -3.81. The number of hydrogen-bond donors (Lipinski definition) is 1. The Morgan fingerprint density at radius 2 is 1.79 bits per heavy atom. The summed E-state index contributed by atoms with van der Waals surface area (Å²) in [6, 6.07) is 11.4. The summed E-state index contributed by atoms with van der Waals surface area (Å²) in [4.78, 5) is 23.7. The molecule has 0 aliphatic carbocycles. The molecule has 1 atom stereocenters. The van der Waals surface area contributed by atoms with Crippen LogP contribution in [0.4, 0.5) is 23.7 Å². The van der Waals surface area contributed by atoms with Gasteiger partial charge in [-0.05, 0) is 48.7 Å². The largest absolute Gasteiger partial charge is 0.493 e. The number of halogens is 3. The van der Waals surface area contributed by atoms with E-state index in [1.165, 1.54) is 28.9 Å². The molecular formula is C23H24F3N3O4S. The highest BCUT2D eigenvalue weighted by Gasteiger charge is 2.38. The van der Waals surface area contributed by atoms with Crippen LogP contribution in [0, 0.1) is 0 Å². The second-order valence-electron chi connectivity index (χ2n) is 7.36. The first kappa shape index (κ1) is 25.4. The van der Waals surface area contributed by atoms with E-state index in [4.69, 9.17) is 9.47 Å². The number of nitrogens with one attached hydrogen (secondary N) is 1. The summed E-state index contributed by atoms with van der Waals surface area (Å²) in [5.41, 5.74) is 2.39. The average Bonchev–Trinajstić information content (AvgIpc) is 2.82. The summed E-state index contributed by atoms with van der Waals surface area (Å²) >= 11 is 1.20. The first-order valence-electron chi connectivity index (χ1n) is 10.4.